The van der Waals surface area contributed by atoms with Crippen molar-refractivity contribution >= 4 is 40.0 Å². The molecule has 0 aliphatic heterocycles. The quantitative estimate of drug-likeness (QED) is 0.171. The number of fused-ring (bicyclic) bond motifs is 1. The molecule has 0 fully saturated rings. The number of hydrogen-bond acceptors (Lipinski definition) is 5. The first-order valence-corrected chi connectivity index (χ1v) is 15.2. The monoisotopic (exact) mass is 597 g/mol. The van der Waals surface area contributed by atoms with Crippen LogP contribution in [0, 0.1) is 0 Å². The standard InChI is InChI=1S/C36H31N5O2S/c1-24(34(42)38-32(26-13-5-3-6-14-26)27-15-7-4-8-16-27)44-36-40-39-33(41(36)2)28-20-22-29(23-21-28)37-35(43)31-19-11-17-25-12-9-10-18-30(25)31/h3-24,32H,1-2H3,(H,37,43)(H,38,42). The van der Waals surface area contributed by atoms with E-state index in [4.69, 9.17) is 0 Å². The lowest BCUT2D eigenvalue weighted by atomic mass is 9.98. The Morgan fingerprint density at radius 3 is 2.02 bits per heavy atom. The van der Waals surface area contributed by atoms with Crippen molar-refractivity contribution in [1.29, 1.82) is 0 Å². The average Bonchev–Trinajstić information content (AvgIpc) is 3.43. The van der Waals surface area contributed by atoms with Gasteiger partial charge in [-0.15, -0.1) is 10.2 Å². The van der Waals surface area contributed by atoms with E-state index in [0.717, 1.165) is 27.5 Å². The Labute approximate surface area is 260 Å². The Hall–Kier alpha value is -5.21. The third-order valence-electron chi connectivity index (χ3n) is 7.47. The number of carbonyl (C=O) groups excluding carboxylic acids is 2. The fraction of sp³-hybridized carbons (Fsp3) is 0.111. The summed E-state index contributed by atoms with van der Waals surface area (Å²) in [6, 6.07) is 40.7. The van der Waals surface area contributed by atoms with E-state index >= 15 is 0 Å². The Bertz CT molecular complexity index is 1860. The summed E-state index contributed by atoms with van der Waals surface area (Å²) in [6.45, 7) is 1.87. The van der Waals surface area contributed by atoms with Crippen LogP contribution in [0.4, 0.5) is 5.69 Å². The van der Waals surface area contributed by atoms with Crippen molar-refractivity contribution in [2.24, 2.45) is 7.05 Å². The number of rotatable bonds is 9. The summed E-state index contributed by atoms with van der Waals surface area (Å²) in [6.07, 6.45) is 0. The molecule has 2 amide bonds. The second-order valence-corrected chi connectivity index (χ2v) is 11.8. The van der Waals surface area contributed by atoms with E-state index in [1.54, 1.807) is 0 Å². The Kier molecular flexibility index (Phi) is 8.52. The van der Waals surface area contributed by atoms with Gasteiger partial charge in [-0.2, -0.15) is 0 Å². The number of hydrogen-bond donors (Lipinski definition) is 2. The third-order valence-corrected chi connectivity index (χ3v) is 8.61. The van der Waals surface area contributed by atoms with Crippen molar-refractivity contribution in [3.8, 4) is 11.4 Å². The summed E-state index contributed by atoms with van der Waals surface area (Å²) in [4.78, 5) is 26.4. The molecule has 6 aromatic rings. The van der Waals surface area contributed by atoms with Gasteiger partial charge in [-0.05, 0) is 59.2 Å². The van der Waals surface area contributed by atoms with E-state index in [1.807, 2.05) is 146 Å². The fourth-order valence-corrected chi connectivity index (χ4v) is 5.94. The van der Waals surface area contributed by atoms with Crippen molar-refractivity contribution < 1.29 is 9.59 Å². The maximum atomic E-state index is 13.4. The van der Waals surface area contributed by atoms with Crippen molar-refractivity contribution in [1.82, 2.24) is 20.1 Å². The van der Waals surface area contributed by atoms with Crippen LogP contribution in [0.25, 0.3) is 22.2 Å². The molecule has 0 aliphatic carbocycles. The second-order valence-electron chi connectivity index (χ2n) is 10.4. The Balaban J connectivity index is 1.13. The van der Waals surface area contributed by atoms with Crippen LogP contribution < -0.4 is 10.6 Å². The number of aromatic nitrogens is 3. The van der Waals surface area contributed by atoms with Gasteiger partial charge in [0.05, 0.1) is 11.3 Å². The molecule has 8 heteroatoms. The number of amides is 2. The summed E-state index contributed by atoms with van der Waals surface area (Å²) in [5.41, 5.74) is 4.18. The number of anilines is 1. The smallest absolute Gasteiger partial charge is 0.256 e. The van der Waals surface area contributed by atoms with E-state index in [0.29, 0.717) is 22.2 Å². The molecule has 0 saturated carbocycles. The lowest BCUT2D eigenvalue weighted by molar-refractivity contribution is -0.120. The van der Waals surface area contributed by atoms with Gasteiger partial charge in [0.2, 0.25) is 5.91 Å². The van der Waals surface area contributed by atoms with Crippen LogP contribution in [-0.4, -0.2) is 31.8 Å². The second kappa shape index (κ2) is 13.0. The average molecular weight is 598 g/mol. The first-order chi connectivity index (χ1) is 21.5. The van der Waals surface area contributed by atoms with Crippen LogP contribution in [0.15, 0.2) is 133 Å². The molecule has 1 aromatic heterocycles. The highest BCUT2D eigenvalue weighted by molar-refractivity contribution is 8.00. The van der Waals surface area contributed by atoms with Crippen LogP contribution in [-0.2, 0) is 11.8 Å². The number of nitrogens with one attached hydrogen (secondary N) is 2. The molecule has 218 valence electrons. The minimum Gasteiger partial charge on any atom is -0.344 e. The molecule has 7 nitrogen and oxygen atoms in total. The van der Waals surface area contributed by atoms with Crippen LogP contribution in [0.5, 0.6) is 0 Å². The van der Waals surface area contributed by atoms with E-state index < -0.39 is 5.25 Å². The molecule has 1 atom stereocenters. The number of carbonyl (C=O) groups is 2. The molecule has 2 N–H and O–H groups in total. The van der Waals surface area contributed by atoms with E-state index in [1.165, 1.54) is 11.8 Å². The van der Waals surface area contributed by atoms with Gasteiger partial charge in [-0.3, -0.25) is 9.59 Å². The zero-order valence-corrected chi connectivity index (χ0v) is 25.2. The summed E-state index contributed by atoms with van der Waals surface area (Å²) in [5, 5.41) is 17.1. The van der Waals surface area contributed by atoms with Gasteiger partial charge in [0.25, 0.3) is 5.91 Å². The molecular formula is C36H31N5O2S. The highest BCUT2D eigenvalue weighted by atomic mass is 32.2. The summed E-state index contributed by atoms with van der Waals surface area (Å²) >= 11 is 1.36. The number of nitrogens with zero attached hydrogens (tertiary/aromatic N) is 3. The molecule has 5 aromatic carbocycles. The first-order valence-electron chi connectivity index (χ1n) is 14.3. The SMILES string of the molecule is CC(Sc1nnc(-c2ccc(NC(=O)c3cccc4ccccc34)cc2)n1C)C(=O)NC(c1ccccc1)c1ccccc1. The number of benzene rings is 5. The van der Waals surface area contributed by atoms with Crippen molar-refractivity contribution in [2.75, 3.05) is 5.32 Å². The molecule has 1 unspecified atom stereocenters. The summed E-state index contributed by atoms with van der Waals surface area (Å²) < 4.78 is 1.88. The normalized spacial score (nSPS) is 11.8. The minimum atomic E-state index is -0.410. The van der Waals surface area contributed by atoms with Crippen LogP contribution in [0.1, 0.15) is 34.5 Å². The molecular weight excluding hydrogens is 566 g/mol. The van der Waals surface area contributed by atoms with Crippen LogP contribution in [0.3, 0.4) is 0 Å². The highest BCUT2D eigenvalue weighted by Gasteiger charge is 2.23. The van der Waals surface area contributed by atoms with Gasteiger partial charge >= 0.3 is 0 Å². The van der Waals surface area contributed by atoms with Crippen LogP contribution >= 0.6 is 11.8 Å². The molecule has 0 radical (unpaired) electrons. The maximum absolute atomic E-state index is 13.4. The molecule has 0 saturated heterocycles. The summed E-state index contributed by atoms with van der Waals surface area (Å²) in [7, 11) is 1.88. The van der Waals surface area contributed by atoms with Gasteiger partial charge in [0.1, 0.15) is 0 Å². The predicted octanol–water partition coefficient (Wildman–Crippen LogP) is 7.27. The Morgan fingerprint density at radius 1 is 0.727 bits per heavy atom. The molecule has 1 heterocycles. The lowest BCUT2D eigenvalue weighted by Crippen LogP contribution is -2.35. The fourth-order valence-electron chi connectivity index (χ4n) is 5.11. The lowest BCUT2D eigenvalue weighted by Gasteiger charge is -2.22. The zero-order chi connectivity index (χ0) is 30.5. The molecule has 6 rings (SSSR count). The number of thioether (sulfide) groups is 1. The van der Waals surface area contributed by atoms with Crippen molar-refractivity contribution in [2.45, 2.75) is 23.4 Å². The van der Waals surface area contributed by atoms with Gasteiger partial charge in [-0.1, -0.05) is 109 Å². The first kappa shape index (κ1) is 28.9. The van der Waals surface area contributed by atoms with Crippen molar-refractivity contribution in [3.05, 3.63) is 144 Å². The zero-order valence-electron chi connectivity index (χ0n) is 24.3. The van der Waals surface area contributed by atoms with Gasteiger partial charge in [-0.25, -0.2) is 0 Å². The predicted molar refractivity (Wildman–Crippen MR) is 177 cm³/mol. The third kappa shape index (κ3) is 6.26. The Morgan fingerprint density at radius 2 is 1.34 bits per heavy atom. The maximum Gasteiger partial charge on any atom is 0.256 e. The highest BCUT2D eigenvalue weighted by Crippen LogP contribution is 2.28. The summed E-state index contributed by atoms with van der Waals surface area (Å²) in [5.74, 6) is 0.406. The van der Waals surface area contributed by atoms with E-state index in [2.05, 4.69) is 20.8 Å². The molecule has 0 spiro atoms. The largest absolute Gasteiger partial charge is 0.344 e. The topological polar surface area (TPSA) is 88.9 Å². The van der Waals surface area contributed by atoms with Gasteiger partial charge < -0.3 is 15.2 Å². The minimum absolute atomic E-state index is 0.0939. The van der Waals surface area contributed by atoms with Crippen molar-refractivity contribution in [3.63, 3.8) is 0 Å². The van der Waals surface area contributed by atoms with Crippen LogP contribution in [0.2, 0.25) is 0 Å². The molecule has 0 aliphatic rings. The van der Waals surface area contributed by atoms with E-state index in [-0.39, 0.29) is 17.9 Å². The molecule has 0 bridgehead atoms. The van der Waals surface area contributed by atoms with Gasteiger partial charge in [0, 0.05) is 23.9 Å². The van der Waals surface area contributed by atoms with Gasteiger partial charge in [0.15, 0.2) is 11.0 Å². The molecule has 44 heavy (non-hydrogen) atoms. The van der Waals surface area contributed by atoms with E-state index in [9.17, 15) is 9.59 Å².